The second-order valence-corrected chi connectivity index (χ2v) is 5.41. The Morgan fingerprint density at radius 3 is 2.82 bits per heavy atom. The van der Waals surface area contributed by atoms with Crippen molar-refractivity contribution in [1.82, 2.24) is 4.98 Å². The maximum atomic E-state index is 11.0. The Bertz CT molecular complexity index is 455. The van der Waals surface area contributed by atoms with E-state index in [1.54, 1.807) is 13.2 Å². The molecule has 1 rings (SSSR count). The normalized spacial score (nSPS) is 14.1. The van der Waals surface area contributed by atoms with E-state index in [1.165, 1.54) is 12.1 Å². The average molecular weight is 278 g/mol. The summed E-state index contributed by atoms with van der Waals surface area (Å²) in [7, 11) is -0.985. The zero-order valence-electron chi connectivity index (χ0n) is 9.34. The highest BCUT2D eigenvalue weighted by Gasteiger charge is 2.17. The maximum absolute atomic E-state index is 11.0. The SMILES string of the molecule is CC(CS(C)=O)Nc1nc(Cl)ccc1[N+](=O)[O-]. The molecule has 0 aliphatic heterocycles. The van der Waals surface area contributed by atoms with Crippen molar-refractivity contribution in [1.29, 1.82) is 0 Å². The highest BCUT2D eigenvalue weighted by Crippen LogP contribution is 2.24. The van der Waals surface area contributed by atoms with Crippen molar-refractivity contribution in [3.8, 4) is 0 Å². The van der Waals surface area contributed by atoms with Crippen LogP contribution in [0.4, 0.5) is 11.5 Å². The minimum absolute atomic E-state index is 0.0976. The number of nitrogens with zero attached hydrogens (tertiary/aromatic N) is 2. The zero-order chi connectivity index (χ0) is 13.0. The molecule has 94 valence electrons. The number of anilines is 1. The van der Waals surface area contributed by atoms with Gasteiger partial charge in [0.1, 0.15) is 5.15 Å². The van der Waals surface area contributed by atoms with E-state index in [4.69, 9.17) is 11.6 Å². The van der Waals surface area contributed by atoms with Crippen LogP contribution >= 0.6 is 11.6 Å². The van der Waals surface area contributed by atoms with Gasteiger partial charge >= 0.3 is 5.69 Å². The number of halogens is 1. The lowest BCUT2D eigenvalue weighted by Gasteiger charge is -2.12. The third kappa shape index (κ3) is 4.27. The molecule has 0 radical (unpaired) electrons. The quantitative estimate of drug-likeness (QED) is 0.504. The predicted octanol–water partition coefficient (Wildman–Crippen LogP) is 1.82. The lowest BCUT2D eigenvalue weighted by molar-refractivity contribution is -0.384. The van der Waals surface area contributed by atoms with Crippen molar-refractivity contribution >= 4 is 33.9 Å². The Hall–Kier alpha value is -1.21. The first kappa shape index (κ1) is 13.9. The predicted molar refractivity (Wildman–Crippen MR) is 67.9 cm³/mol. The molecule has 17 heavy (non-hydrogen) atoms. The van der Waals surface area contributed by atoms with E-state index >= 15 is 0 Å². The van der Waals surface area contributed by atoms with Crippen LogP contribution in [0.1, 0.15) is 6.92 Å². The van der Waals surface area contributed by atoms with Crippen LogP contribution in [0.5, 0.6) is 0 Å². The first-order valence-electron chi connectivity index (χ1n) is 4.77. The van der Waals surface area contributed by atoms with Crippen molar-refractivity contribution in [3.63, 3.8) is 0 Å². The van der Waals surface area contributed by atoms with Gasteiger partial charge in [-0.3, -0.25) is 14.3 Å². The third-order valence-electron chi connectivity index (χ3n) is 1.90. The van der Waals surface area contributed by atoms with Crippen molar-refractivity contribution in [3.05, 3.63) is 27.4 Å². The molecule has 1 aromatic heterocycles. The number of pyridine rings is 1. The molecule has 8 heteroatoms. The molecule has 1 aromatic rings. The smallest absolute Gasteiger partial charge is 0.311 e. The molecule has 2 unspecified atom stereocenters. The van der Waals surface area contributed by atoms with Gasteiger partial charge in [-0.15, -0.1) is 0 Å². The van der Waals surface area contributed by atoms with Crippen LogP contribution in [0.3, 0.4) is 0 Å². The number of hydrogen-bond donors (Lipinski definition) is 1. The molecule has 1 heterocycles. The molecule has 2 atom stereocenters. The third-order valence-corrected chi connectivity index (χ3v) is 3.08. The number of nitro groups is 1. The molecular weight excluding hydrogens is 266 g/mol. The fourth-order valence-corrected chi connectivity index (χ4v) is 2.24. The van der Waals surface area contributed by atoms with E-state index < -0.39 is 15.7 Å². The highest BCUT2D eigenvalue weighted by molar-refractivity contribution is 7.84. The number of hydrogen-bond acceptors (Lipinski definition) is 5. The summed E-state index contributed by atoms with van der Waals surface area (Å²) in [6.07, 6.45) is 1.57. The molecule has 1 N–H and O–H groups in total. The number of rotatable bonds is 5. The Morgan fingerprint density at radius 1 is 1.65 bits per heavy atom. The van der Waals surface area contributed by atoms with Gasteiger partial charge in [0, 0.05) is 34.9 Å². The van der Waals surface area contributed by atoms with E-state index in [-0.39, 0.29) is 22.7 Å². The molecule has 0 bridgehead atoms. The molecule has 6 nitrogen and oxygen atoms in total. The van der Waals surface area contributed by atoms with Gasteiger partial charge in [0.25, 0.3) is 0 Å². The standard InChI is InChI=1S/C9H12ClN3O3S/c1-6(5-17(2)16)11-9-7(13(14)15)3-4-8(10)12-9/h3-4,6H,5H2,1-2H3,(H,11,12). The highest BCUT2D eigenvalue weighted by atomic mass is 35.5. The van der Waals surface area contributed by atoms with Gasteiger partial charge in [-0.05, 0) is 13.0 Å². The zero-order valence-corrected chi connectivity index (χ0v) is 10.9. The van der Waals surface area contributed by atoms with E-state index in [9.17, 15) is 14.3 Å². The summed E-state index contributed by atoms with van der Waals surface area (Å²) < 4.78 is 11.0. The summed E-state index contributed by atoms with van der Waals surface area (Å²) in [6, 6.07) is 2.45. The monoisotopic (exact) mass is 277 g/mol. The first-order valence-corrected chi connectivity index (χ1v) is 6.88. The van der Waals surface area contributed by atoms with Crippen LogP contribution in [0, 0.1) is 10.1 Å². The van der Waals surface area contributed by atoms with Gasteiger partial charge in [-0.25, -0.2) is 4.98 Å². The Labute approximate surface area is 106 Å². The van der Waals surface area contributed by atoms with Crippen LogP contribution < -0.4 is 5.32 Å². The average Bonchev–Trinajstić information content (AvgIpc) is 2.15. The lowest BCUT2D eigenvalue weighted by Crippen LogP contribution is -2.23. The Balaban J connectivity index is 2.92. The Morgan fingerprint density at radius 2 is 2.29 bits per heavy atom. The van der Waals surface area contributed by atoms with Gasteiger partial charge in [-0.1, -0.05) is 11.6 Å². The molecule has 0 aliphatic rings. The maximum Gasteiger partial charge on any atom is 0.311 e. The summed E-state index contributed by atoms with van der Waals surface area (Å²) in [5.41, 5.74) is -0.150. The van der Waals surface area contributed by atoms with Crippen LogP contribution in [0.15, 0.2) is 12.1 Å². The van der Waals surface area contributed by atoms with Crippen LogP contribution in [0.25, 0.3) is 0 Å². The van der Waals surface area contributed by atoms with E-state index in [0.717, 1.165) is 0 Å². The Kier molecular flexibility index (Phi) is 4.83. The molecule has 0 amide bonds. The fraction of sp³-hybridized carbons (Fsp3) is 0.444. The van der Waals surface area contributed by atoms with Crippen molar-refractivity contribution in [2.45, 2.75) is 13.0 Å². The fourth-order valence-electron chi connectivity index (χ4n) is 1.31. The molecule has 0 saturated heterocycles. The number of nitrogens with one attached hydrogen (secondary N) is 1. The van der Waals surface area contributed by atoms with Crippen LogP contribution in [-0.4, -0.2) is 32.2 Å². The summed E-state index contributed by atoms with van der Waals surface area (Å²) in [5.74, 6) is 0.478. The second kappa shape index (κ2) is 5.92. The van der Waals surface area contributed by atoms with Gasteiger partial charge < -0.3 is 5.32 Å². The van der Waals surface area contributed by atoms with E-state index in [1.807, 2.05) is 0 Å². The van der Waals surface area contributed by atoms with Gasteiger partial charge in [0.2, 0.25) is 5.82 Å². The minimum atomic E-state index is -0.985. The summed E-state index contributed by atoms with van der Waals surface area (Å²) in [5, 5.41) is 13.8. The van der Waals surface area contributed by atoms with Crippen molar-refractivity contribution < 1.29 is 9.13 Å². The van der Waals surface area contributed by atoms with Crippen LogP contribution in [-0.2, 0) is 10.8 Å². The molecule has 0 spiro atoms. The van der Waals surface area contributed by atoms with Gasteiger partial charge in [-0.2, -0.15) is 0 Å². The summed E-state index contributed by atoms with van der Waals surface area (Å²) in [4.78, 5) is 14.1. The van der Waals surface area contributed by atoms with Gasteiger partial charge in [0.05, 0.1) is 4.92 Å². The summed E-state index contributed by atoms with van der Waals surface area (Å²) in [6.45, 7) is 1.77. The lowest BCUT2D eigenvalue weighted by atomic mass is 10.3. The molecular formula is C9H12ClN3O3S. The number of aromatic nitrogens is 1. The summed E-state index contributed by atoms with van der Waals surface area (Å²) >= 11 is 5.68. The van der Waals surface area contributed by atoms with Crippen molar-refractivity contribution in [2.24, 2.45) is 0 Å². The first-order chi connectivity index (χ1) is 7.90. The van der Waals surface area contributed by atoms with E-state index in [2.05, 4.69) is 10.3 Å². The van der Waals surface area contributed by atoms with Gasteiger partial charge in [0.15, 0.2) is 0 Å². The van der Waals surface area contributed by atoms with Crippen LogP contribution in [0.2, 0.25) is 5.15 Å². The largest absolute Gasteiger partial charge is 0.361 e. The second-order valence-electron chi connectivity index (χ2n) is 3.54. The minimum Gasteiger partial charge on any atom is -0.361 e. The topological polar surface area (TPSA) is 85.1 Å². The van der Waals surface area contributed by atoms with Crippen molar-refractivity contribution in [2.75, 3.05) is 17.3 Å². The van der Waals surface area contributed by atoms with E-state index in [0.29, 0.717) is 5.75 Å². The molecule has 0 saturated carbocycles. The molecule has 0 aliphatic carbocycles. The molecule has 0 aromatic carbocycles. The molecule has 0 fully saturated rings.